The lowest BCUT2D eigenvalue weighted by atomic mass is 10.1. The molecular formula is C18H16N6O2. The Labute approximate surface area is 148 Å². The number of aromatic nitrogens is 4. The van der Waals surface area contributed by atoms with Gasteiger partial charge in [0.05, 0.1) is 22.9 Å². The number of fused-ring (bicyclic) bond motifs is 2. The van der Waals surface area contributed by atoms with Crippen LogP contribution in [-0.2, 0) is 0 Å². The molecule has 2 aromatic carbocycles. The summed E-state index contributed by atoms with van der Waals surface area (Å²) in [6.07, 6.45) is 2.31. The van der Waals surface area contributed by atoms with Gasteiger partial charge in [0.15, 0.2) is 0 Å². The Morgan fingerprint density at radius 2 is 2.12 bits per heavy atom. The molecule has 0 aliphatic rings. The quantitative estimate of drug-likeness (QED) is 0.521. The van der Waals surface area contributed by atoms with Gasteiger partial charge in [0.2, 0.25) is 5.95 Å². The molecule has 2 aromatic heterocycles. The van der Waals surface area contributed by atoms with E-state index in [1.165, 1.54) is 7.05 Å². The molecule has 0 radical (unpaired) electrons. The van der Waals surface area contributed by atoms with Crippen LogP contribution in [0.3, 0.4) is 0 Å². The second-order valence-corrected chi connectivity index (χ2v) is 6.00. The van der Waals surface area contributed by atoms with Crippen molar-refractivity contribution >= 4 is 45.2 Å². The minimum atomic E-state index is -1.05. The predicted octanol–water partition coefficient (Wildman–Crippen LogP) is 3.67. The fourth-order valence-corrected chi connectivity index (χ4v) is 2.88. The molecular weight excluding hydrogens is 332 g/mol. The summed E-state index contributed by atoms with van der Waals surface area (Å²) < 4.78 is 0. The molecule has 2 heterocycles. The zero-order valence-electron chi connectivity index (χ0n) is 14.2. The van der Waals surface area contributed by atoms with Gasteiger partial charge in [-0.05, 0) is 24.6 Å². The number of amides is 1. The van der Waals surface area contributed by atoms with Crippen LogP contribution >= 0.6 is 0 Å². The minimum Gasteiger partial charge on any atom is -0.465 e. The molecule has 4 aromatic rings. The number of hydrogen-bond donors (Lipinski definition) is 3. The van der Waals surface area contributed by atoms with Gasteiger partial charge in [0, 0.05) is 29.7 Å². The Balaban J connectivity index is 1.78. The number of para-hydroxylation sites is 1. The lowest BCUT2D eigenvalue weighted by Gasteiger charge is -2.16. The van der Waals surface area contributed by atoms with Crippen LogP contribution in [0.15, 0.2) is 42.7 Å². The molecule has 8 nitrogen and oxygen atoms in total. The maximum Gasteiger partial charge on any atom is 0.411 e. The molecule has 0 bridgehead atoms. The summed E-state index contributed by atoms with van der Waals surface area (Å²) >= 11 is 0. The summed E-state index contributed by atoms with van der Waals surface area (Å²) in [5, 5.41) is 21.0. The van der Waals surface area contributed by atoms with Crippen LogP contribution in [-0.4, -0.2) is 38.4 Å². The third kappa shape index (κ3) is 2.67. The molecule has 0 fully saturated rings. The van der Waals surface area contributed by atoms with Crippen LogP contribution in [0.2, 0.25) is 0 Å². The highest BCUT2D eigenvalue weighted by molar-refractivity contribution is 6.01. The molecule has 4 rings (SSSR count). The largest absolute Gasteiger partial charge is 0.465 e. The van der Waals surface area contributed by atoms with Crippen LogP contribution in [0.1, 0.15) is 5.56 Å². The lowest BCUT2D eigenvalue weighted by Crippen LogP contribution is -2.24. The van der Waals surface area contributed by atoms with Gasteiger partial charge in [-0.1, -0.05) is 18.2 Å². The van der Waals surface area contributed by atoms with E-state index in [0.717, 1.165) is 32.3 Å². The molecule has 3 N–H and O–H groups in total. The van der Waals surface area contributed by atoms with Crippen molar-refractivity contribution in [3.63, 3.8) is 0 Å². The molecule has 0 aliphatic heterocycles. The molecule has 0 aliphatic carbocycles. The van der Waals surface area contributed by atoms with Crippen LogP contribution < -0.4 is 10.2 Å². The van der Waals surface area contributed by atoms with Crippen LogP contribution in [0.4, 0.5) is 22.1 Å². The number of anilines is 3. The smallest absolute Gasteiger partial charge is 0.411 e. The second kappa shape index (κ2) is 5.99. The van der Waals surface area contributed by atoms with Gasteiger partial charge in [-0.15, -0.1) is 0 Å². The highest BCUT2D eigenvalue weighted by Crippen LogP contribution is 2.30. The van der Waals surface area contributed by atoms with Gasteiger partial charge in [-0.3, -0.25) is 10.00 Å². The molecule has 0 saturated heterocycles. The predicted molar refractivity (Wildman–Crippen MR) is 100 cm³/mol. The molecule has 0 unspecified atom stereocenters. The second-order valence-electron chi connectivity index (χ2n) is 6.00. The average molecular weight is 348 g/mol. The van der Waals surface area contributed by atoms with Gasteiger partial charge in [0.1, 0.15) is 0 Å². The van der Waals surface area contributed by atoms with Gasteiger partial charge in [0.25, 0.3) is 0 Å². The number of carbonyl (C=O) groups is 1. The van der Waals surface area contributed by atoms with Crippen molar-refractivity contribution in [2.75, 3.05) is 17.3 Å². The summed E-state index contributed by atoms with van der Waals surface area (Å²) in [5.41, 5.74) is 3.83. The van der Waals surface area contributed by atoms with Gasteiger partial charge < -0.3 is 10.4 Å². The standard InChI is InChI=1S/C18H16N6O2/c1-10-4-3-5-11-8-19-17(22-16(10)11)21-12-6-14-13(9-20-23-14)15(7-12)24(2)18(25)26/h3-9H,1-2H3,(H,20,23)(H,25,26)(H,19,21,22). The maximum atomic E-state index is 11.4. The van der Waals surface area contributed by atoms with Crippen molar-refractivity contribution in [1.29, 1.82) is 0 Å². The number of H-pyrrole nitrogens is 1. The van der Waals surface area contributed by atoms with Crippen molar-refractivity contribution in [2.45, 2.75) is 6.92 Å². The highest BCUT2D eigenvalue weighted by atomic mass is 16.4. The Hall–Kier alpha value is -3.68. The molecule has 8 heteroatoms. The van der Waals surface area contributed by atoms with Gasteiger partial charge in [-0.2, -0.15) is 5.10 Å². The van der Waals surface area contributed by atoms with E-state index in [2.05, 4.69) is 25.5 Å². The number of benzene rings is 2. The molecule has 0 atom stereocenters. The monoisotopic (exact) mass is 348 g/mol. The van der Waals surface area contributed by atoms with E-state index < -0.39 is 6.09 Å². The van der Waals surface area contributed by atoms with Gasteiger partial charge >= 0.3 is 6.09 Å². The average Bonchev–Trinajstić information content (AvgIpc) is 3.09. The lowest BCUT2D eigenvalue weighted by molar-refractivity contribution is 0.203. The fraction of sp³-hybridized carbons (Fsp3) is 0.111. The number of nitrogens with one attached hydrogen (secondary N) is 2. The number of aromatic amines is 1. The summed E-state index contributed by atoms with van der Waals surface area (Å²) in [6, 6.07) is 9.50. The van der Waals surface area contributed by atoms with Crippen molar-refractivity contribution in [3.8, 4) is 0 Å². The normalized spacial score (nSPS) is 11.0. The van der Waals surface area contributed by atoms with E-state index in [-0.39, 0.29) is 0 Å². The molecule has 0 saturated carbocycles. The third-order valence-electron chi connectivity index (χ3n) is 4.25. The third-order valence-corrected chi connectivity index (χ3v) is 4.25. The number of rotatable bonds is 3. The fourth-order valence-electron chi connectivity index (χ4n) is 2.88. The highest BCUT2D eigenvalue weighted by Gasteiger charge is 2.15. The summed E-state index contributed by atoms with van der Waals surface area (Å²) in [5.74, 6) is 0.439. The molecule has 130 valence electrons. The molecule has 26 heavy (non-hydrogen) atoms. The summed E-state index contributed by atoms with van der Waals surface area (Å²) in [6.45, 7) is 2.00. The van der Waals surface area contributed by atoms with Crippen LogP contribution in [0.25, 0.3) is 21.8 Å². The first-order valence-electron chi connectivity index (χ1n) is 7.96. The van der Waals surface area contributed by atoms with Crippen molar-refractivity contribution < 1.29 is 9.90 Å². The minimum absolute atomic E-state index is 0.439. The van der Waals surface area contributed by atoms with E-state index in [1.54, 1.807) is 18.5 Å². The molecule has 1 amide bonds. The SMILES string of the molecule is Cc1cccc2cnc(Nc3cc(N(C)C(=O)O)c4cn[nH]c4c3)nc12. The summed E-state index contributed by atoms with van der Waals surface area (Å²) in [4.78, 5) is 21.4. The number of aryl methyl sites for hydroxylation is 1. The van der Waals surface area contributed by atoms with Crippen LogP contribution in [0, 0.1) is 6.92 Å². The Kier molecular flexibility index (Phi) is 3.65. The zero-order valence-corrected chi connectivity index (χ0v) is 14.2. The first-order valence-corrected chi connectivity index (χ1v) is 7.96. The number of carboxylic acid groups (broad SMARTS) is 1. The number of nitrogens with zero attached hydrogens (tertiary/aromatic N) is 4. The van der Waals surface area contributed by atoms with Crippen molar-refractivity contribution in [2.24, 2.45) is 0 Å². The van der Waals surface area contributed by atoms with E-state index in [4.69, 9.17) is 0 Å². The van der Waals surface area contributed by atoms with E-state index in [1.807, 2.05) is 31.2 Å². The first-order chi connectivity index (χ1) is 12.5. The first kappa shape index (κ1) is 15.8. The Bertz CT molecular complexity index is 1140. The topological polar surface area (TPSA) is 107 Å². The maximum absolute atomic E-state index is 11.4. The summed E-state index contributed by atoms with van der Waals surface area (Å²) in [7, 11) is 1.49. The zero-order chi connectivity index (χ0) is 18.3. The van der Waals surface area contributed by atoms with E-state index in [9.17, 15) is 9.90 Å². The Morgan fingerprint density at radius 3 is 2.92 bits per heavy atom. The van der Waals surface area contributed by atoms with Crippen molar-refractivity contribution in [1.82, 2.24) is 20.2 Å². The van der Waals surface area contributed by atoms with E-state index in [0.29, 0.717) is 17.3 Å². The van der Waals surface area contributed by atoms with Crippen LogP contribution in [0.5, 0.6) is 0 Å². The number of hydrogen-bond acceptors (Lipinski definition) is 5. The van der Waals surface area contributed by atoms with Gasteiger partial charge in [-0.25, -0.2) is 14.8 Å². The molecule has 0 spiro atoms. The Morgan fingerprint density at radius 1 is 1.27 bits per heavy atom. The van der Waals surface area contributed by atoms with E-state index >= 15 is 0 Å². The van der Waals surface area contributed by atoms with Crippen molar-refractivity contribution in [3.05, 3.63) is 48.3 Å².